The monoisotopic (exact) mass is 1060 g/mol. The van der Waals surface area contributed by atoms with Gasteiger partial charge < -0.3 is 39.6 Å². The summed E-state index contributed by atoms with van der Waals surface area (Å²) in [4.78, 5) is 45.9. The molecule has 402 valence electrons. The van der Waals surface area contributed by atoms with Gasteiger partial charge in [0.05, 0.1) is 42.9 Å². The van der Waals surface area contributed by atoms with E-state index in [0.717, 1.165) is 83.6 Å². The Labute approximate surface area is 439 Å². The fraction of sp³-hybridized carbons (Fsp3) is 0.404. The maximum Gasteiger partial charge on any atom is 0.433 e. The van der Waals surface area contributed by atoms with Crippen molar-refractivity contribution in [2.45, 2.75) is 87.9 Å². The minimum absolute atomic E-state index is 0.0391. The minimum atomic E-state index is -4.75. The molecule has 2 aromatic carbocycles. The average molecular weight is 1060 g/mol. The molecule has 3 saturated heterocycles. The number of aliphatic hydroxyl groups is 1. The lowest BCUT2D eigenvalue weighted by atomic mass is 9.90. The first-order chi connectivity index (χ1) is 36.6. The fourth-order valence-corrected chi connectivity index (χ4v) is 10.8. The summed E-state index contributed by atoms with van der Waals surface area (Å²) in [6, 6.07) is 22.4. The molecule has 5 fully saturated rings. The summed E-state index contributed by atoms with van der Waals surface area (Å²) in [5.41, 5.74) is 2.87. The lowest BCUT2D eigenvalue weighted by Crippen LogP contribution is -2.52. The molecule has 3 aliphatic heterocycles. The maximum atomic E-state index is 13.6. The van der Waals surface area contributed by atoms with Gasteiger partial charge in [0.2, 0.25) is 5.88 Å². The molecule has 0 spiro atoms. The van der Waals surface area contributed by atoms with Crippen LogP contribution in [0.2, 0.25) is 0 Å². The Morgan fingerprint density at radius 3 is 1.82 bits per heavy atom. The number of fused-ring (bicyclic) bond motifs is 2. The topological polar surface area (TPSA) is 170 Å². The quantitative estimate of drug-likeness (QED) is 0.0833. The number of ether oxygens (including phenoxy) is 4. The Bertz CT molecular complexity index is 3270. The highest BCUT2D eigenvalue weighted by Crippen LogP contribution is 2.60. The van der Waals surface area contributed by atoms with Crippen molar-refractivity contribution in [1.29, 1.82) is 0 Å². The van der Waals surface area contributed by atoms with Gasteiger partial charge in [0.25, 0.3) is 11.8 Å². The van der Waals surface area contributed by atoms with Crippen LogP contribution in [0.1, 0.15) is 94.1 Å². The van der Waals surface area contributed by atoms with Gasteiger partial charge in [-0.05, 0) is 158 Å². The van der Waals surface area contributed by atoms with E-state index in [1.807, 2.05) is 37.3 Å². The van der Waals surface area contributed by atoms with Crippen molar-refractivity contribution in [3.63, 3.8) is 0 Å². The molecular weight excluding hydrogens is 1010 g/mol. The highest BCUT2D eigenvalue weighted by Gasteiger charge is 2.59. The van der Waals surface area contributed by atoms with Gasteiger partial charge in [-0.25, -0.2) is 9.97 Å². The van der Waals surface area contributed by atoms with Gasteiger partial charge in [0.15, 0.2) is 0 Å². The minimum Gasteiger partial charge on any atom is -0.475 e. The predicted molar refractivity (Wildman–Crippen MR) is 271 cm³/mol. The van der Waals surface area contributed by atoms with Crippen molar-refractivity contribution >= 4 is 29.0 Å². The molecule has 77 heavy (non-hydrogen) atoms. The first-order valence-electron chi connectivity index (χ1n) is 25.5. The number of aromatic nitrogens is 4. The summed E-state index contributed by atoms with van der Waals surface area (Å²) < 4.78 is 105. The number of benzene rings is 2. The lowest BCUT2D eigenvalue weighted by molar-refractivity contribution is -0.142. The predicted octanol–water partition coefficient (Wildman–Crippen LogP) is 10.4. The third-order valence-electron chi connectivity index (χ3n) is 15.5. The molecule has 14 nitrogen and oxygen atoms in total. The van der Waals surface area contributed by atoms with Crippen molar-refractivity contribution in [3.8, 4) is 28.1 Å². The Morgan fingerprint density at radius 1 is 0.714 bits per heavy atom. The van der Waals surface area contributed by atoms with Gasteiger partial charge in [-0.1, -0.05) is 12.1 Å². The first kappa shape index (κ1) is 52.1. The van der Waals surface area contributed by atoms with Crippen LogP contribution >= 0.6 is 0 Å². The second-order valence-electron chi connectivity index (χ2n) is 21.5. The SMILES string of the molecule is Cc1ccc(NC(=O)c2ccnc(C(F)(F)F)c2)cc1-c1cc(N2CC(OCc3ccc(NC(=O)c4ccnc(C(F)(F)F)c4)cc3-c3cc(OCC(C)(C)O)nc(C45CCOCC4C5)c3)C2)nc(C23CCOCC2C3)c1. The van der Waals surface area contributed by atoms with Crippen molar-refractivity contribution in [3.05, 3.63) is 142 Å². The molecule has 0 radical (unpaired) electrons. The van der Waals surface area contributed by atoms with Gasteiger partial charge in [-0.3, -0.25) is 19.6 Å². The van der Waals surface area contributed by atoms with Crippen LogP contribution in [0.4, 0.5) is 43.5 Å². The summed E-state index contributed by atoms with van der Waals surface area (Å²) in [7, 11) is 0. The molecule has 11 rings (SSSR count). The molecular formula is C57H55F6N7O7. The summed E-state index contributed by atoms with van der Waals surface area (Å²) in [6.07, 6.45) is -4.40. The second kappa shape index (κ2) is 19.8. The van der Waals surface area contributed by atoms with Gasteiger partial charge in [-0.15, -0.1) is 0 Å². The summed E-state index contributed by atoms with van der Waals surface area (Å²) >= 11 is 0. The number of nitrogens with one attached hydrogen (secondary N) is 2. The van der Waals surface area contributed by atoms with E-state index in [0.29, 0.717) is 79.9 Å². The lowest BCUT2D eigenvalue weighted by Gasteiger charge is -2.40. The number of pyridine rings is 4. The van der Waals surface area contributed by atoms with Crippen molar-refractivity contribution in [1.82, 2.24) is 19.9 Å². The van der Waals surface area contributed by atoms with Crippen LogP contribution in [0.15, 0.2) is 97.3 Å². The third kappa shape index (κ3) is 11.0. The zero-order valence-electron chi connectivity index (χ0n) is 42.4. The smallest absolute Gasteiger partial charge is 0.433 e. The van der Waals surface area contributed by atoms with Gasteiger partial charge in [0, 0.05) is 78.1 Å². The number of anilines is 3. The highest BCUT2D eigenvalue weighted by molar-refractivity contribution is 6.05. The van der Waals surface area contributed by atoms with Crippen LogP contribution in [0.5, 0.6) is 5.88 Å². The molecule has 2 saturated carbocycles. The molecule has 2 amide bonds. The normalized spacial score (nSPS) is 22.1. The molecule has 0 bridgehead atoms. The van der Waals surface area contributed by atoms with E-state index in [9.17, 15) is 41.0 Å². The molecule has 7 heterocycles. The van der Waals surface area contributed by atoms with Gasteiger partial charge in [0.1, 0.15) is 23.8 Å². The molecule has 5 aliphatic rings. The number of halogens is 6. The average Bonchev–Trinajstić information content (AvgIpc) is 4.41. The van der Waals surface area contributed by atoms with Crippen LogP contribution < -0.4 is 20.3 Å². The van der Waals surface area contributed by atoms with Crippen molar-refractivity contribution in [2.24, 2.45) is 11.8 Å². The van der Waals surface area contributed by atoms with Crippen LogP contribution in [0, 0.1) is 18.8 Å². The van der Waals surface area contributed by atoms with Crippen LogP contribution in [-0.4, -0.2) is 94.7 Å². The largest absolute Gasteiger partial charge is 0.475 e. The van der Waals surface area contributed by atoms with Crippen LogP contribution in [0.3, 0.4) is 0 Å². The standard InChI is InChI=1S/C57H55F6N7O7/c1-32-4-6-40(66-51(71)33-8-12-64-47(16-33)56(58,59)60)22-43(32)36-18-45(54-10-14-74-29-38(54)24-54)68-49(20-36)70-26-42(27-70)76-28-35-5-7-41(67-52(72)34-9-13-65-48(17-34)57(61,62)63)23-44(35)37-19-46(55-11-15-75-30-39(55)25-55)69-50(21-37)77-31-53(2,3)73/h4-9,12-13,16-23,38-39,42,73H,10-11,14-15,24-31H2,1-3H3,(H,66,71)(H,67,72). The van der Waals surface area contributed by atoms with E-state index in [1.54, 1.807) is 38.1 Å². The number of rotatable bonds is 15. The number of aryl methyl sites for hydroxylation is 1. The van der Waals surface area contributed by atoms with Gasteiger partial charge in [-0.2, -0.15) is 26.3 Å². The number of nitrogens with zero attached hydrogens (tertiary/aromatic N) is 5. The number of hydrogen-bond donors (Lipinski definition) is 3. The zero-order chi connectivity index (χ0) is 54.1. The van der Waals surface area contributed by atoms with Crippen molar-refractivity contribution < 1.29 is 60.0 Å². The molecule has 6 aromatic rings. The number of carbonyl (C=O) groups excluding carboxylic acids is 2. The molecule has 4 unspecified atom stereocenters. The highest BCUT2D eigenvalue weighted by atomic mass is 19.4. The van der Waals surface area contributed by atoms with Crippen LogP contribution in [0.25, 0.3) is 22.3 Å². The fourth-order valence-electron chi connectivity index (χ4n) is 10.8. The van der Waals surface area contributed by atoms with E-state index < -0.39 is 41.2 Å². The Kier molecular flexibility index (Phi) is 13.4. The van der Waals surface area contributed by atoms with E-state index in [-0.39, 0.29) is 47.2 Å². The third-order valence-corrected chi connectivity index (χ3v) is 15.5. The summed E-state index contributed by atoms with van der Waals surface area (Å²) in [6.45, 7) is 8.73. The van der Waals surface area contributed by atoms with Crippen molar-refractivity contribution in [2.75, 3.05) is 61.7 Å². The van der Waals surface area contributed by atoms with E-state index in [4.69, 9.17) is 28.9 Å². The van der Waals surface area contributed by atoms with Gasteiger partial charge >= 0.3 is 12.4 Å². The Hall–Kier alpha value is -7.00. The molecule has 20 heteroatoms. The van der Waals surface area contributed by atoms with E-state index in [1.165, 1.54) is 12.1 Å². The molecule has 3 N–H and O–H groups in total. The zero-order valence-corrected chi connectivity index (χ0v) is 42.4. The first-order valence-corrected chi connectivity index (χ1v) is 25.5. The second-order valence-corrected chi connectivity index (χ2v) is 21.5. The molecule has 4 atom stereocenters. The Morgan fingerprint density at radius 2 is 1.26 bits per heavy atom. The number of hydrogen-bond acceptors (Lipinski definition) is 12. The summed E-state index contributed by atoms with van der Waals surface area (Å²) in [5.74, 6) is 0.155. The maximum absolute atomic E-state index is 13.6. The number of carbonyl (C=O) groups is 2. The number of amides is 2. The Balaban J connectivity index is 0.868. The number of alkyl halides is 6. The van der Waals surface area contributed by atoms with E-state index in [2.05, 4.69) is 31.6 Å². The van der Waals surface area contributed by atoms with E-state index >= 15 is 0 Å². The molecule has 4 aromatic heterocycles. The van der Waals surface area contributed by atoms with Crippen LogP contribution in [-0.2, 0) is 44.0 Å². The molecule has 2 aliphatic carbocycles. The summed E-state index contributed by atoms with van der Waals surface area (Å²) in [5, 5.41) is 16.2.